The van der Waals surface area contributed by atoms with E-state index in [2.05, 4.69) is 9.88 Å². The Bertz CT molecular complexity index is 728. The molecule has 6 nitrogen and oxygen atoms in total. The van der Waals surface area contributed by atoms with E-state index in [9.17, 15) is 9.90 Å². The number of aliphatic hydroxyl groups excluding tert-OH is 1. The molecule has 2 aromatic rings. The zero-order valence-corrected chi connectivity index (χ0v) is 14.1. The van der Waals surface area contributed by atoms with Gasteiger partial charge in [-0.2, -0.15) is 0 Å². The Morgan fingerprint density at radius 2 is 2.26 bits per heavy atom. The molecule has 124 valence electrons. The van der Waals surface area contributed by atoms with Crippen molar-refractivity contribution >= 4 is 23.2 Å². The molecular weight excluding hydrogens is 316 g/mol. The van der Waals surface area contributed by atoms with E-state index in [0.717, 1.165) is 25.1 Å². The average molecular weight is 337 g/mol. The summed E-state index contributed by atoms with van der Waals surface area (Å²) in [4.78, 5) is 20.6. The lowest BCUT2D eigenvalue weighted by Gasteiger charge is -2.30. The Morgan fingerprint density at radius 3 is 2.96 bits per heavy atom. The van der Waals surface area contributed by atoms with Crippen molar-refractivity contribution in [2.75, 3.05) is 27.2 Å². The van der Waals surface area contributed by atoms with Crippen LogP contribution < -0.4 is 0 Å². The van der Waals surface area contributed by atoms with Crippen molar-refractivity contribution in [3.8, 4) is 0 Å². The fraction of sp³-hybridized carbons (Fsp3) is 0.500. The van der Waals surface area contributed by atoms with E-state index in [1.807, 2.05) is 10.5 Å². The van der Waals surface area contributed by atoms with E-state index in [1.54, 1.807) is 26.4 Å². The zero-order valence-electron chi connectivity index (χ0n) is 13.4. The summed E-state index contributed by atoms with van der Waals surface area (Å²) in [5.41, 5.74) is 1.96. The number of nitrogens with zero attached hydrogens (tertiary/aromatic N) is 4. The van der Waals surface area contributed by atoms with Crippen molar-refractivity contribution < 1.29 is 9.90 Å². The van der Waals surface area contributed by atoms with Gasteiger partial charge in [0, 0.05) is 33.4 Å². The highest BCUT2D eigenvalue weighted by Crippen LogP contribution is 2.21. The van der Waals surface area contributed by atoms with E-state index >= 15 is 0 Å². The third kappa shape index (κ3) is 3.34. The third-order valence-electron chi connectivity index (χ3n) is 4.14. The first-order chi connectivity index (χ1) is 11.0. The molecule has 1 fully saturated rings. The number of pyridine rings is 1. The number of carbonyl (C=O) groups excluding carboxylic acids is 1. The molecule has 0 saturated carbocycles. The van der Waals surface area contributed by atoms with Gasteiger partial charge in [-0.25, -0.2) is 4.98 Å². The molecule has 3 heterocycles. The lowest BCUT2D eigenvalue weighted by atomic mass is 10.1. The minimum Gasteiger partial charge on any atom is -0.392 e. The molecule has 3 rings (SSSR count). The van der Waals surface area contributed by atoms with Crippen LogP contribution in [-0.2, 0) is 6.54 Å². The average Bonchev–Trinajstić information content (AvgIpc) is 2.84. The molecule has 0 unspecified atom stereocenters. The highest BCUT2D eigenvalue weighted by Gasteiger charge is 2.24. The van der Waals surface area contributed by atoms with Gasteiger partial charge >= 0.3 is 0 Å². The molecule has 1 amide bonds. The van der Waals surface area contributed by atoms with Gasteiger partial charge < -0.3 is 14.4 Å². The minimum absolute atomic E-state index is 0.127. The Hall–Kier alpha value is -1.63. The second-order valence-electron chi connectivity index (χ2n) is 6.21. The van der Waals surface area contributed by atoms with Crippen LogP contribution in [0.4, 0.5) is 0 Å². The van der Waals surface area contributed by atoms with Crippen molar-refractivity contribution in [2.45, 2.75) is 25.5 Å². The fourth-order valence-electron chi connectivity index (χ4n) is 2.99. The fourth-order valence-corrected chi connectivity index (χ4v) is 3.15. The number of hydrogen-bond donors (Lipinski definition) is 1. The van der Waals surface area contributed by atoms with E-state index in [1.165, 1.54) is 4.90 Å². The number of rotatable bonds is 3. The van der Waals surface area contributed by atoms with Gasteiger partial charge in [0.15, 0.2) is 5.69 Å². The van der Waals surface area contributed by atoms with E-state index < -0.39 is 0 Å². The molecule has 1 N–H and O–H groups in total. The standard InChI is InChI=1S/C16H21ClN4O2/c1-19(2)16(23)15-13(10-20-7-3-4-12(22)9-20)21-8-11(17)5-6-14(21)18-15/h5-6,8,12,22H,3-4,7,9-10H2,1-2H3/t12-/m1/s1. The maximum atomic E-state index is 12.5. The third-order valence-corrected chi connectivity index (χ3v) is 4.37. The van der Waals surface area contributed by atoms with Crippen molar-refractivity contribution in [1.29, 1.82) is 0 Å². The molecule has 0 aromatic carbocycles. The molecule has 1 aliphatic rings. The van der Waals surface area contributed by atoms with Crippen LogP contribution in [0, 0.1) is 0 Å². The van der Waals surface area contributed by atoms with Crippen LogP contribution in [0.25, 0.3) is 5.65 Å². The summed E-state index contributed by atoms with van der Waals surface area (Å²) >= 11 is 6.11. The molecule has 0 bridgehead atoms. The normalized spacial score (nSPS) is 19.2. The quantitative estimate of drug-likeness (QED) is 0.925. The van der Waals surface area contributed by atoms with Crippen LogP contribution in [0.2, 0.25) is 5.02 Å². The molecule has 1 atom stereocenters. The van der Waals surface area contributed by atoms with Crippen LogP contribution in [0.3, 0.4) is 0 Å². The number of likely N-dealkylation sites (tertiary alicyclic amines) is 1. The maximum Gasteiger partial charge on any atom is 0.273 e. The van der Waals surface area contributed by atoms with E-state index in [-0.39, 0.29) is 12.0 Å². The first kappa shape index (κ1) is 16.2. The Balaban J connectivity index is 2.02. The molecule has 2 aromatic heterocycles. The topological polar surface area (TPSA) is 61.1 Å². The number of aliphatic hydroxyl groups is 1. The Kier molecular flexibility index (Phi) is 4.57. The number of carbonyl (C=O) groups is 1. The molecule has 0 spiro atoms. The highest BCUT2D eigenvalue weighted by atomic mass is 35.5. The van der Waals surface area contributed by atoms with E-state index in [4.69, 9.17) is 11.6 Å². The second-order valence-corrected chi connectivity index (χ2v) is 6.65. The van der Waals surface area contributed by atoms with Gasteiger partial charge in [0.1, 0.15) is 5.65 Å². The Morgan fingerprint density at radius 1 is 1.48 bits per heavy atom. The first-order valence-electron chi connectivity index (χ1n) is 7.74. The minimum atomic E-state index is -0.306. The molecule has 0 aliphatic carbocycles. The number of aromatic nitrogens is 2. The van der Waals surface area contributed by atoms with Gasteiger partial charge in [-0.3, -0.25) is 9.69 Å². The van der Waals surface area contributed by atoms with Crippen LogP contribution in [0.1, 0.15) is 29.0 Å². The SMILES string of the molecule is CN(C)C(=O)c1nc2ccc(Cl)cn2c1CN1CCC[C@@H](O)C1. The number of amides is 1. The molecule has 0 radical (unpaired) electrons. The number of imidazole rings is 1. The van der Waals surface area contributed by atoms with Crippen LogP contribution in [0.5, 0.6) is 0 Å². The lowest BCUT2D eigenvalue weighted by molar-refractivity contribution is 0.0655. The highest BCUT2D eigenvalue weighted by molar-refractivity contribution is 6.30. The molecule has 23 heavy (non-hydrogen) atoms. The number of piperidine rings is 1. The summed E-state index contributed by atoms with van der Waals surface area (Å²) in [6.07, 6.45) is 3.26. The summed E-state index contributed by atoms with van der Waals surface area (Å²) in [5, 5.41) is 10.5. The van der Waals surface area contributed by atoms with Crippen molar-refractivity contribution in [2.24, 2.45) is 0 Å². The number of halogens is 1. The number of β-amino-alcohol motifs (C(OH)–C–C–N with tert-alkyl or cyclic N) is 1. The number of hydrogen-bond acceptors (Lipinski definition) is 4. The van der Waals surface area contributed by atoms with Gasteiger partial charge in [-0.1, -0.05) is 11.6 Å². The van der Waals surface area contributed by atoms with Crippen LogP contribution >= 0.6 is 11.6 Å². The smallest absolute Gasteiger partial charge is 0.273 e. The van der Waals surface area contributed by atoms with Crippen LogP contribution in [0.15, 0.2) is 18.3 Å². The molecule has 7 heteroatoms. The second kappa shape index (κ2) is 6.47. The summed E-state index contributed by atoms with van der Waals surface area (Å²) in [6.45, 7) is 2.08. The summed E-state index contributed by atoms with van der Waals surface area (Å²) in [5.74, 6) is -0.127. The van der Waals surface area contributed by atoms with Crippen molar-refractivity contribution in [3.63, 3.8) is 0 Å². The molecular formula is C16H21ClN4O2. The largest absolute Gasteiger partial charge is 0.392 e. The van der Waals surface area contributed by atoms with Gasteiger partial charge in [0.2, 0.25) is 0 Å². The predicted octanol–water partition coefficient (Wildman–Crippen LogP) is 1.65. The van der Waals surface area contributed by atoms with Gasteiger partial charge in [-0.05, 0) is 31.5 Å². The molecule has 1 saturated heterocycles. The summed E-state index contributed by atoms with van der Waals surface area (Å²) in [7, 11) is 3.43. The van der Waals surface area contributed by atoms with Crippen molar-refractivity contribution in [3.05, 3.63) is 34.7 Å². The number of fused-ring (bicyclic) bond motifs is 1. The first-order valence-corrected chi connectivity index (χ1v) is 8.12. The predicted molar refractivity (Wildman–Crippen MR) is 88.7 cm³/mol. The Labute approximate surface area is 140 Å². The maximum absolute atomic E-state index is 12.5. The van der Waals surface area contributed by atoms with Gasteiger partial charge in [-0.15, -0.1) is 0 Å². The van der Waals surface area contributed by atoms with Crippen molar-refractivity contribution in [1.82, 2.24) is 19.2 Å². The van der Waals surface area contributed by atoms with Gasteiger partial charge in [0.25, 0.3) is 5.91 Å². The lowest BCUT2D eigenvalue weighted by Crippen LogP contribution is -2.38. The molecule has 1 aliphatic heterocycles. The summed E-state index contributed by atoms with van der Waals surface area (Å²) in [6, 6.07) is 3.57. The monoisotopic (exact) mass is 336 g/mol. The van der Waals surface area contributed by atoms with Gasteiger partial charge in [0.05, 0.1) is 16.8 Å². The summed E-state index contributed by atoms with van der Waals surface area (Å²) < 4.78 is 1.88. The van der Waals surface area contributed by atoms with E-state index in [0.29, 0.717) is 29.5 Å². The zero-order chi connectivity index (χ0) is 16.6. The van der Waals surface area contributed by atoms with Crippen LogP contribution in [-0.4, -0.2) is 63.5 Å².